The van der Waals surface area contributed by atoms with E-state index in [-0.39, 0.29) is 11.2 Å². The number of likely N-dealkylation sites (tertiary alicyclic amines) is 1. The Morgan fingerprint density at radius 1 is 1.47 bits per heavy atom. The van der Waals surface area contributed by atoms with Gasteiger partial charge >= 0.3 is 0 Å². The summed E-state index contributed by atoms with van der Waals surface area (Å²) in [5, 5.41) is 9.65. The third kappa shape index (κ3) is 1.96. The van der Waals surface area contributed by atoms with E-state index in [9.17, 15) is 9.90 Å². The molecule has 4 heteroatoms. The molecule has 1 N–H and O–H groups in total. The average Bonchev–Trinajstić information content (AvgIpc) is 2.68. The van der Waals surface area contributed by atoms with E-state index in [2.05, 4.69) is 12.1 Å². The van der Waals surface area contributed by atoms with E-state index in [0.29, 0.717) is 13.1 Å². The van der Waals surface area contributed by atoms with Crippen LogP contribution in [0.15, 0.2) is 29.2 Å². The second kappa shape index (κ2) is 3.75. The highest BCUT2D eigenvalue weighted by Crippen LogP contribution is 2.38. The summed E-state index contributed by atoms with van der Waals surface area (Å²) in [5.41, 5.74) is 0.592. The van der Waals surface area contributed by atoms with Crippen LogP contribution in [0.25, 0.3) is 0 Å². The Hall–Kier alpha value is -1.00. The summed E-state index contributed by atoms with van der Waals surface area (Å²) >= 11 is 1.65. The Balaban J connectivity index is 1.67. The van der Waals surface area contributed by atoms with E-state index in [0.717, 1.165) is 6.42 Å². The number of nitrogens with zero attached hydrogens (tertiary/aromatic N) is 1. The second-order valence-electron chi connectivity index (χ2n) is 5.11. The molecule has 0 radical (unpaired) electrons. The zero-order chi connectivity index (χ0) is 12.0. The number of β-amino-alcohol motifs (C(OH)–C–C–N with tert-alkyl or cyclic N) is 1. The number of thioether (sulfide) groups is 1. The van der Waals surface area contributed by atoms with Gasteiger partial charge < -0.3 is 10.0 Å². The zero-order valence-corrected chi connectivity index (χ0v) is 10.5. The average molecular weight is 249 g/mol. The molecule has 1 aromatic carbocycles. The number of rotatable bonds is 1. The van der Waals surface area contributed by atoms with Crippen LogP contribution in [0.2, 0.25) is 0 Å². The van der Waals surface area contributed by atoms with Crippen molar-refractivity contribution >= 4 is 17.7 Å². The van der Waals surface area contributed by atoms with Crippen molar-refractivity contribution in [2.45, 2.75) is 29.1 Å². The summed E-state index contributed by atoms with van der Waals surface area (Å²) in [6, 6.07) is 8.18. The van der Waals surface area contributed by atoms with E-state index < -0.39 is 5.60 Å². The van der Waals surface area contributed by atoms with Gasteiger partial charge in [-0.1, -0.05) is 18.2 Å². The number of hydrogen-bond donors (Lipinski definition) is 1. The Morgan fingerprint density at radius 3 is 2.82 bits per heavy atom. The fourth-order valence-corrected chi connectivity index (χ4v) is 3.73. The van der Waals surface area contributed by atoms with Crippen molar-refractivity contribution in [1.29, 1.82) is 0 Å². The molecule has 1 aromatic rings. The predicted molar refractivity (Wildman–Crippen MR) is 67.0 cm³/mol. The number of carbonyl (C=O) groups excluding carboxylic acids is 1. The Morgan fingerprint density at radius 2 is 2.18 bits per heavy atom. The molecule has 2 heterocycles. The number of benzene rings is 1. The van der Waals surface area contributed by atoms with Gasteiger partial charge in [0.15, 0.2) is 0 Å². The van der Waals surface area contributed by atoms with E-state index in [1.54, 1.807) is 23.6 Å². The summed E-state index contributed by atoms with van der Waals surface area (Å²) in [6.45, 7) is 2.71. The Bertz CT molecular complexity index is 439. The summed E-state index contributed by atoms with van der Waals surface area (Å²) in [6.07, 6.45) is 0.818. The first kappa shape index (κ1) is 11.1. The van der Waals surface area contributed by atoms with Gasteiger partial charge in [-0.25, -0.2) is 0 Å². The van der Waals surface area contributed by atoms with Crippen molar-refractivity contribution in [2.75, 3.05) is 13.1 Å². The topological polar surface area (TPSA) is 40.5 Å². The fourth-order valence-electron chi connectivity index (χ4n) is 2.46. The summed E-state index contributed by atoms with van der Waals surface area (Å²) < 4.78 is 0. The highest BCUT2D eigenvalue weighted by Gasteiger charge is 2.42. The van der Waals surface area contributed by atoms with Crippen LogP contribution in [0, 0.1) is 0 Å². The van der Waals surface area contributed by atoms with Gasteiger partial charge in [-0.15, -0.1) is 11.8 Å². The van der Waals surface area contributed by atoms with Crippen molar-refractivity contribution in [3.05, 3.63) is 29.8 Å². The molecule has 1 unspecified atom stereocenters. The maximum atomic E-state index is 12.2. The third-order valence-electron chi connectivity index (χ3n) is 3.30. The molecule has 0 aromatic heterocycles. The lowest BCUT2D eigenvalue weighted by molar-refractivity contribution is -0.151. The van der Waals surface area contributed by atoms with Gasteiger partial charge in [0.05, 0.1) is 23.9 Å². The smallest absolute Gasteiger partial charge is 0.236 e. The minimum absolute atomic E-state index is 0.00324. The molecule has 2 aliphatic rings. The fraction of sp³-hybridized carbons (Fsp3) is 0.462. The SMILES string of the molecule is CC1(O)CN(C(=O)C2Cc3ccccc3S2)C1. The molecule has 3 nitrogen and oxygen atoms in total. The first-order valence-electron chi connectivity index (χ1n) is 5.81. The van der Waals surface area contributed by atoms with E-state index in [4.69, 9.17) is 0 Å². The van der Waals surface area contributed by atoms with E-state index in [1.807, 2.05) is 12.1 Å². The lowest BCUT2D eigenvalue weighted by atomic mass is 9.96. The maximum absolute atomic E-state index is 12.2. The first-order valence-corrected chi connectivity index (χ1v) is 6.69. The lowest BCUT2D eigenvalue weighted by Gasteiger charge is -2.45. The van der Waals surface area contributed by atoms with Crippen molar-refractivity contribution < 1.29 is 9.90 Å². The van der Waals surface area contributed by atoms with Crippen LogP contribution in [0.1, 0.15) is 12.5 Å². The molecule has 0 bridgehead atoms. The molecule has 0 saturated carbocycles. The second-order valence-corrected chi connectivity index (χ2v) is 6.35. The van der Waals surface area contributed by atoms with E-state index in [1.165, 1.54) is 10.5 Å². The largest absolute Gasteiger partial charge is 0.386 e. The minimum atomic E-state index is -0.675. The molecular weight excluding hydrogens is 234 g/mol. The third-order valence-corrected chi connectivity index (χ3v) is 4.60. The molecule has 1 fully saturated rings. The maximum Gasteiger partial charge on any atom is 0.236 e. The van der Waals surface area contributed by atoms with Crippen LogP contribution in [-0.4, -0.2) is 39.9 Å². The predicted octanol–water partition coefficient (Wildman–Crippen LogP) is 1.30. The van der Waals surface area contributed by atoms with Gasteiger partial charge in [0, 0.05) is 4.90 Å². The van der Waals surface area contributed by atoms with Gasteiger partial charge in [0.25, 0.3) is 0 Å². The van der Waals surface area contributed by atoms with Crippen LogP contribution in [0.5, 0.6) is 0 Å². The van der Waals surface area contributed by atoms with Crippen LogP contribution >= 0.6 is 11.8 Å². The highest BCUT2D eigenvalue weighted by molar-refractivity contribution is 8.01. The molecule has 3 rings (SSSR count). The van der Waals surface area contributed by atoms with Crippen LogP contribution in [-0.2, 0) is 11.2 Å². The molecule has 1 amide bonds. The van der Waals surface area contributed by atoms with Crippen LogP contribution in [0.4, 0.5) is 0 Å². The van der Waals surface area contributed by atoms with Crippen molar-refractivity contribution in [1.82, 2.24) is 4.90 Å². The van der Waals surface area contributed by atoms with Crippen molar-refractivity contribution in [2.24, 2.45) is 0 Å². The number of aliphatic hydroxyl groups is 1. The summed E-state index contributed by atoms with van der Waals surface area (Å²) in [4.78, 5) is 15.2. The lowest BCUT2D eigenvalue weighted by Crippen LogP contribution is -2.63. The Labute approximate surface area is 105 Å². The molecule has 0 aliphatic carbocycles. The number of amides is 1. The van der Waals surface area contributed by atoms with Gasteiger partial charge in [-0.2, -0.15) is 0 Å². The highest BCUT2D eigenvalue weighted by atomic mass is 32.2. The van der Waals surface area contributed by atoms with E-state index >= 15 is 0 Å². The van der Waals surface area contributed by atoms with Gasteiger partial charge in [0.2, 0.25) is 5.91 Å². The molecule has 0 spiro atoms. The monoisotopic (exact) mass is 249 g/mol. The molecule has 1 saturated heterocycles. The normalized spacial score (nSPS) is 25.3. The Kier molecular flexibility index (Phi) is 2.45. The summed E-state index contributed by atoms with van der Waals surface area (Å²) in [5.74, 6) is 0.165. The summed E-state index contributed by atoms with van der Waals surface area (Å²) in [7, 11) is 0. The zero-order valence-electron chi connectivity index (χ0n) is 9.72. The van der Waals surface area contributed by atoms with Crippen molar-refractivity contribution in [3.63, 3.8) is 0 Å². The van der Waals surface area contributed by atoms with Gasteiger partial charge in [-0.3, -0.25) is 4.79 Å². The standard InChI is InChI=1S/C13H15NO2S/c1-13(16)7-14(8-13)12(15)11-6-9-4-2-3-5-10(9)17-11/h2-5,11,16H,6-8H2,1H3. The molecular formula is C13H15NO2S. The number of hydrogen-bond acceptors (Lipinski definition) is 3. The molecule has 90 valence electrons. The van der Waals surface area contributed by atoms with Crippen LogP contribution < -0.4 is 0 Å². The number of fused-ring (bicyclic) bond motifs is 1. The quantitative estimate of drug-likeness (QED) is 0.815. The molecule has 1 atom stereocenters. The van der Waals surface area contributed by atoms with Gasteiger partial charge in [0.1, 0.15) is 0 Å². The van der Waals surface area contributed by atoms with Crippen molar-refractivity contribution in [3.8, 4) is 0 Å². The van der Waals surface area contributed by atoms with Crippen LogP contribution in [0.3, 0.4) is 0 Å². The molecule has 2 aliphatic heterocycles. The minimum Gasteiger partial charge on any atom is -0.386 e. The first-order chi connectivity index (χ1) is 8.05. The number of carbonyl (C=O) groups is 1. The van der Waals surface area contributed by atoms with Gasteiger partial charge in [-0.05, 0) is 25.0 Å². The molecule has 17 heavy (non-hydrogen) atoms.